The number of hydrogen-bond donors (Lipinski definition) is 2. The van der Waals surface area contributed by atoms with E-state index in [-0.39, 0.29) is 11.7 Å². The predicted molar refractivity (Wildman–Crippen MR) is 102 cm³/mol. The number of amides is 1. The van der Waals surface area contributed by atoms with Crippen LogP contribution >= 0.6 is 0 Å². The summed E-state index contributed by atoms with van der Waals surface area (Å²) in [7, 11) is 0. The maximum absolute atomic E-state index is 12.9. The Kier molecular flexibility index (Phi) is 5.75. The molecule has 0 radical (unpaired) electrons. The highest BCUT2D eigenvalue weighted by Gasteiger charge is 2.08. The smallest absolute Gasteiger partial charge is 0.257 e. The van der Waals surface area contributed by atoms with Gasteiger partial charge in [-0.2, -0.15) is 5.26 Å². The Hall–Kier alpha value is -3.72. The summed E-state index contributed by atoms with van der Waals surface area (Å²) in [6.07, 6.45) is 3.84. The zero-order valence-corrected chi connectivity index (χ0v) is 14.4. The van der Waals surface area contributed by atoms with Crippen LogP contribution in [-0.4, -0.2) is 17.4 Å². The highest BCUT2D eigenvalue weighted by molar-refractivity contribution is 6.04. The van der Waals surface area contributed by atoms with Gasteiger partial charge in [-0.25, -0.2) is 4.39 Å². The van der Waals surface area contributed by atoms with Crippen LogP contribution in [0.3, 0.4) is 0 Å². The monoisotopic (exact) mass is 360 g/mol. The van der Waals surface area contributed by atoms with Gasteiger partial charge in [-0.3, -0.25) is 9.78 Å². The van der Waals surface area contributed by atoms with Gasteiger partial charge in [0.2, 0.25) is 0 Å². The second-order valence-corrected chi connectivity index (χ2v) is 5.91. The lowest BCUT2D eigenvalue weighted by molar-refractivity contribution is 0.102. The number of benzene rings is 2. The SMILES string of the molecule is N#Cc1cccc(NC(=O)c2cncc(NCCc3ccc(F)cc3)c2)c1. The molecule has 0 saturated carbocycles. The van der Waals surface area contributed by atoms with Gasteiger partial charge in [-0.15, -0.1) is 0 Å². The van der Waals surface area contributed by atoms with Crippen molar-refractivity contribution in [3.05, 3.63) is 89.5 Å². The van der Waals surface area contributed by atoms with E-state index in [1.54, 1.807) is 48.7 Å². The van der Waals surface area contributed by atoms with E-state index in [4.69, 9.17) is 5.26 Å². The Balaban J connectivity index is 1.59. The van der Waals surface area contributed by atoms with Crippen LogP contribution in [0.15, 0.2) is 67.0 Å². The van der Waals surface area contributed by atoms with Crippen molar-refractivity contribution in [3.63, 3.8) is 0 Å². The lowest BCUT2D eigenvalue weighted by Crippen LogP contribution is -2.13. The molecule has 2 aromatic carbocycles. The molecular weight excluding hydrogens is 343 g/mol. The van der Waals surface area contributed by atoms with Crippen molar-refractivity contribution < 1.29 is 9.18 Å². The normalized spacial score (nSPS) is 10.1. The van der Waals surface area contributed by atoms with Crippen molar-refractivity contribution in [1.82, 2.24) is 4.98 Å². The molecule has 0 bridgehead atoms. The average Bonchev–Trinajstić information content (AvgIpc) is 2.70. The van der Waals surface area contributed by atoms with E-state index in [9.17, 15) is 9.18 Å². The van der Waals surface area contributed by atoms with Gasteiger partial charge in [0.25, 0.3) is 5.91 Å². The first-order chi connectivity index (χ1) is 13.1. The van der Waals surface area contributed by atoms with Crippen molar-refractivity contribution in [2.75, 3.05) is 17.2 Å². The number of halogens is 1. The minimum absolute atomic E-state index is 0.255. The van der Waals surface area contributed by atoms with Gasteiger partial charge in [0.15, 0.2) is 0 Å². The van der Waals surface area contributed by atoms with Crippen molar-refractivity contribution in [2.24, 2.45) is 0 Å². The Bertz CT molecular complexity index is 980. The van der Waals surface area contributed by atoms with E-state index in [0.29, 0.717) is 23.4 Å². The number of nitrogens with one attached hydrogen (secondary N) is 2. The molecule has 0 aliphatic carbocycles. The number of carbonyl (C=O) groups is 1. The highest BCUT2D eigenvalue weighted by Crippen LogP contribution is 2.14. The molecule has 2 N–H and O–H groups in total. The zero-order valence-electron chi connectivity index (χ0n) is 14.4. The van der Waals surface area contributed by atoms with Gasteiger partial charge in [0.1, 0.15) is 5.82 Å². The van der Waals surface area contributed by atoms with Gasteiger partial charge in [0, 0.05) is 24.6 Å². The molecule has 3 aromatic rings. The predicted octanol–water partition coefficient (Wildman–Crippen LogP) is 4.00. The van der Waals surface area contributed by atoms with Crippen LogP contribution in [0.5, 0.6) is 0 Å². The molecule has 27 heavy (non-hydrogen) atoms. The molecule has 0 aliphatic heterocycles. The van der Waals surface area contributed by atoms with Gasteiger partial charge < -0.3 is 10.6 Å². The molecule has 0 unspecified atom stereocenters. The highest BCUT2D eigenvalue weighted by atomic mass is 19.1. The van der Waals surface area contributed by atoms with Crippen LogP contribution in [0.25, 0.3) is 0 Å². The molecule has 3 rings (SSSR count). The molecule has 134 valence electrons. The number of aromatic nitrogens is 1. The van der Waals surface area contributed by atoms with Crippen LogP contribution < -0.4 is 10.6 Å². The third-order valence-corrected chi connectivity index (χ3v) is 3.91. The topological polar surface area (TPSA) is 77.8 Å². The fourth-order valence-corrected chi connectivity index (χ4v) is 2.53. The van der Waals surface area contributed by atoms with E-state index < -0.39 is 0 Å². The molecule has 1 aromatic heterocycles. The average molecular weight is 360 g/mol. The van der Waals surface area contributed by atoms with Crippen molar-refractivity contribution >= 4 is 17.3 Å². The summed E-state index contributed by atoms with van der Waals surface area (Å²) in [5.41, 5.74) is 3.17. The first-order valence-corrected chi connectivity index (χ1v) is 8.39. The van der Waals surface area contributed by atoms with E-state index in [2.05, 4.69) is 15.6 Å². The number of hydrogen-bond acceptors (Lipinski definition) is 4. The number of nitrogens with zero attached hydrogens (tertiary/aromatic N) is 2. The van der Waals surface area contributed by atoms with Crippen molar-refractivity contribution in [1.29, 1.82) is 5.26 Å². The first kappa shape index (κ1) is 18.1. The second-order valence-electron chi connectivity index (χ2n) is 5.91. The Labute approximate surface area is 156 Å². The molecule has 0 spiro atoms. The van der Waals surface area contributed by atoms with Crippen molar-refractivity contribution in [3.8, 4) is 6.07 Å². The molecule has 0 aliphatic rings. The molecule has 1 amide bonds. The van der Waals surface area contributed by atoms with Gasteiger partial charge in [0.05, 0.1) is 22.9 Å². The van der Waals surface area contributed by atoms with Crippen LogP contribution in [0.1, 0.15) is 21.5 Å². The fraction of sp³-hybridized carbons (Fsp3) is 0.0952. The molecular formula is C21H17FN4O. The lowest BCUT2D eigenvalue weighted by Gasteiger charge is -2.09. The summed E-state index contributed by atoms with van der Waals surface area (Å²) in [6.45, 7) is 0.628. The van der Waals surface area contributed by atoms with Gasteiger partial charge >= 0.3 is 0 Å². The van der Waals surface area contributed by atoms with Crippen LogP contribution in [0.2, 0.25) is 0 Å². The Morgan fingerprint density at radius 1 is 1.07 bits per heavy atom. The van der Waals surface area contributed by atoms with Crippen LogP contribution in [-0.2, 0) is 6.42 Å². The number of rotatable bonds is 6. The van der Waals surface area contributed by atoms with Crippen LogP contribution in [0.4, 0.5) is 15.8 Å². The summed E-state index contributed by atoms with van der Waals surface area (Å²) < 4.78 is 12.9. The first-order valence-electron chi connectivity index (χ1n) is 8.39. The number of anilines is 2. The summed E-state index contributed by atoms with van der Waals surface area (Å²) >= 11 is 0. The number of carbonyl (C=O) groups excluding carboxylic acids is 1. The Morgan fingerprint density at radius 2 is 1.89 bits per heavy atom. The molecule has 1 heterocycles. The molecule has 0 saturated heterocycles. The second kappa shape index (κ2) is 8.59. The summed E-state index contributed by atoms with van der Waals surface area (Å²) in [5, 5.41) is 14.9. The minimum Gasteiger partial charge on any atom is -0.383 e. The maximum Gasteiger partial charge on any atom is 0.257 e. The van der Waals surface area contributed by atoms with Crippen molar-refractivity contribution in [2.45, 2.75) is 6.42 Å². The quantitative estimate of drug-likeness (QED) is 0.696. The third-order valence-electron chi connectivity index (χ3n) is 3.91. The standard InChI is InChI=1S/C21H17FN4O/c22-18-6-4-15(5-7-18)8-9-25-20-11-17(13-24-14-20)21(27)26-19-3-1-2-16(10-19)12-23/h1-7,10-11,13-14,25H,8-9H2,(H,26,27). The Morgan fingerprint density at radius 3 is 2.67 bits per heavy atom. The van der Waals surface area contributed by atoms with Gasteiger partial charge in [-0.05, 0) is 48.4 Å². The summed E-state index contributed by atoms with van der Waals surface area (Å²) in [4.78, 5) is 16.5. The van der Waals surface area contributed by atoms with E-state index >= 15 is 0 Å². The molecule has 5 nitrogen and oxygen atoms in total. The van der Waals surface area contributed by atoms with Crippen LogP contribution in [0, 0.1) is 17.1 Å². The minimum atomic E-state index is -0.306. The molecule has 0 atom stereocenters. The maximum atomic E-state index is 12.9. The number of pyridine rings is 1. The third kappa shape index (κ3) is 5.13. The number of nitriles is 1. The lowest BCUT2D eigenvalue weighted by atomic mass is 10.1. The largest absolute Gasteiger partial charge is 0.383 e. The fourth-order valence-electron chi connectivity index (χ4n) is 2.53. The van der Waals surface area contributed by atoms with E-state index in [0.717, 1.165) is 17.7 Å². The zero-order chi connectivity index (χ0) is 19.1. The molecule has 0 fully saturated rings. The van der Waals surface area contributed by atoms with E-state index in [1.807, 2.05) is 6.07 Å². The molecule has 6 heteroatoms. The summed E-state index contributed by atoms with van der Waals surface area (Å²) in [5.74, 6) is -0.560. The summed E-state index contributed by atoms with van der Waals surface area (Å²) in [6, 6.07) is 16.8. The van der Waals surface area contributed by atoms with Gasteiger partial charge in [-0.1, -0.05) is 18.2 Å². The van der Waals surface area contributed by atoms with E-state index in [1.165, 1.54) is 18.3 Å².